The molecule has 0 radical (unpaired) electrons. The smallest absolute Gasteiger partial charge is 0.248 e. The Hall–Kier alpha value is -3.31. The Morgan fingerprint density at radius 2 is 1.65 bits per heavy atom. The molecule has 128 valence electrons. The molecule has 0 saturated carbocycles. The van der Waals surface area contributed by atoms with Gasteiger partial charge in [0.05, 0.1) is 0 Å². The number of anilines is 3. The van der Waals surface area contributed by atoms with E-state index in [9.17, 15) is 0 Å². The van der Waals surface area contributed by atoms with Crippen LogP contribution in [-0.2, 0) is 0 Å². The van der Waals surface area contributed by atoms with Crippen LogP contribution in [0.4, 0.5) is 17.2 Å². The van der Waals surface area contributed by atoms with Gasteiger partial charge in [0, 0.05) is 16.1 Å². The maximum atomic E-state index is 6.21. The minimum atomic E-state index is 0.299. The number of rotatable bonds is 4. The lowest BCUT2D eigenvalue weighted by Gasteiger charge is -2.13. The molecule has 5 nitrogen and oxygen atoms in total. The molecule has 0 fully saturated rings. The summed E-state index contributed by atoms with van der Waals surface area (Å²) >= 11 is 5.91. The Morgan fingerprint density at radius 1 is 0.885 bits per heavy atom. The lowest BCUT2D eigenvalue weighted by Crippen LogP contribution is -2.03. The van der Waals surface area contributed by atoms with Crippen LogP contribution >= 0.6 is 11.6 Å². The molecule has 3 aromatic carbocycles. The normalized spacial score (nSPS) is 10.7. The third kappa shape index (κ3) is 3.25. The van der Waals surface area contributed by atoms with E-state index < -0.39 is 0 Å². The first-order valence-corrected chi connectivity index (χ1v) is 8.37. The molecule has 1 aromatic heterocycles. The molecule has 3 N–H and O–H groups in total. The summed E-state index contributed by atoms with van der Waals surface area (Å²) in [7, 11) is 0. The van der Waals surface area contributed by atoms with E-state index in [2.05, 4.69) is 15.3 Å². The van der Waals surface area contributed by atoms with Gasteiger partial charge in [-0.05, 0) is 35.7 Å². The van der Waals surface area contributed by atoms with Crippen molar-refractivity contribution < 1.29 is 4.74 Å². The zero-order chi connectivity index (χ0) is 17.9. The number of aromatic nitrogens is 2. The van der Waals surface area contributed by atoms with Crippen molar-refractivity contribution in [1.82, 2.24) is 9.97 Å². The summed E-state index contributed by atoms with van der Waals surface area (Å²) in [6, 6.07) is 21.1. The van der Waals surface area contributed by atoms with Crippen molar-refractivity contribution in [3.8, 4) is 11.6 Å². The first-order valence-electron chi connectivity index (χ1n) is 7.99. The van der Waals surface area contributed by atoms with E-state index in [0.29, 0.717) is 28.2 Å². The number of nitrogens with one attached hydrogen (secondary N) is 1. The first kappa shape index (κ1) is 16.2. The summed E-state index contributed by atoms with van der Waals surface area (Å²) in [6.07, 6.45) is 1.41. The molecular formula is C20H15ClN4O. The molecule has 0 aliphatic rings. The van der Waals surface area contributed by atoms with Gasteiger partial charge in [0.1, 0.15) is 17.8 Å². The fourth-order valence-electron chi connectivity index (χ4n) is 2.62. The van der Waals surface area contributed by atoms with Gasteiger partial charge in [-0.25, -0.2) is 4.98 Å². The van der Waals surface area contributed by atoms with Gasteiger partial charge in [-0.2, -0.15) is 4.98 Å². The highest BCUT2D eigenvalue weighted by molar-refractivity contribution is 6.30. The second kappa shape index (κ2) is 6.90. The van der Waals surface area contributed by atoms with Crippen LogP contribution in [0.2, 0.25) is 5.02 Å². The van der Waals surface area contributed by atoms with Crippen LogP contribution in [0.3, 0.4) is 0 Å². The molecule has 0 aliphatic carbocycles. The molecule has 26 heavy (non-hydrogen) atoms. The van der Waals surface area contributed by atoms with Crippen molar-refractivity contribution in [3.63, 3.8) is 0 Å². The highest BCUT2D eigenvalue weighted by atomic mass is 35.5. The molecule has 6 heteroatoms. The third-order valence-corrected chi connectivity index (χ3v) is 4.16. The zero-order valence-electron chi connectivity index (χ0n) is 13.7. The Bertz CT molecular complexity index is 1060. The van der Waals surface area contributed by atoms with E-state index in [4.69, 9.17) is 22.1 Å². The standard InChI is InChI=1S/C20H15ClN4O/c21-14-8-10-15(11-9-14)25-19-18(22)20(24-12-23-19)26-17-7-3-5-13-4-1-2-6-16(13)17/h1-12H,22H2,(H,23,24,25). The Balaban J connectivity index is 1.66. The molecule has 4 aromatic rings. The zero-order valence-corrected chi connectivity index (χ0v) is 14.4. The van der Waals surface area contributed by atoms with Crippen molar-refractivity contribution in [1.29, 1.82) is 0 Å². The molecule has 0 atom stereocenters. The number of nitrogens with zero attached hydrogens (tertiary/aromatic N) is 2. The van der Waals surface area contributed by atoms with Crippen LogP contribution in [0.1, 0.15) is 0 Å². The van der Waals surface area contributed by atoms with Crippen molar-refractivity contribution in [2.75, 3.05) is 11.1 Å². The first-order chi connectivity index (χ1) is 12.7. The number of ether oxygens (including phenoxy) is 1. The van der Waals surface area contributed by atoms with Gasteiger partial charge in [-0.1, -0.05) is 48.0 Å². The summed E-state index contributed by atoms with van der Waals surface area (Å²) in [5.74, 6) is 1.45. The van der Waals surface area contributed by atoms with Crippen LogP contribution < -0.4 is 15.8 Å². The van der Waals surface area contributed by atoms with Crippen molar-refractivity contribution in [2.24, 2.45) is 0 Å². The largest absolute Gasteiger partial charge is 0.436 e. The van der Waals surface area contributed by atoms with Crippen molar-refractivity contribution in [3.05, 3.63) is 78.1 Å². The van der Waals surface area contributed by atoms with Gasteiger partial charge >= 0.3 is 0 Å². The molecule has 4 rings (SSSR count). The second-order valence-corrected chi connectivity index (χ2v) is 6.09. The number of nitrogens with two attached hydrogens (primary N) is 1. The predicted octanol–water partition coefficient (Wildman–Crippen LogP) is 5.40. The Morgan fingerprint density at radius 3 is 2.50 bits per heavy atom. The summed E-state index contributed by atoms with van der Waals surface area (Å²) in [4.78, 5) is 8.38. The molecule has 0 amide bonds. The molecule has 0 saturated heterocycles. The van der Waals surface area contributed by atoms with E-state index >= 15 is 0 Å². The lowest BCUT2D eigenvalue weighted by atomic mass is 10.1. The van der Waals surface area contributed by atoms with Crippen molar-refractivity contribution in [2.45, 2.75) is 0 Å². The average molecular weight is 363 g/mol. The molecule has 0 spiro atoms. The summed E-state index contributed by atoms with van der Waals surface area (Å²) in [5, 5.41) is 5.87. The highest BCUT2D eigenvalue weighted by Crippen LogP contribution is 2.34. The number of hydrogen-bond donors (Lipinski definition) is 2. The van der Waals surface area contributed by atoms with Crippen molar-refractivity contribution >= 4 is 39.6 Å². The van der Waals surface area contributed by atoms with Crippen LogP contribution in [-0.4, -0.2) is 9.97 Å². The summed E-state index contributed by atoms with van der Waals surface area (Å²) in [5.41, 5.74) is 7.36. The highest BCUT2D eigenvalue weighted by Gasteiger charge is 2.12. The van der Waals surface area contributed by atoms with Gasteiger partial charge < -0.3 is 15.8 Å². The number of benzene rings is 3. The topological polar surface area (TPSA) is 73.1 Å². The van der Waals surface area contributed by atoms with Gasteiger partial charge in [-0.3, -0.25) is 0 Å². The molecule has 0 aliphatic heterocycles. The van der Waals surface area contributed by atoms with Gasteiger partial charge in [0.15, 0.2) is 5.82 Å². The number of hydrogen-bond acceptors (Lipinski definition) is 5. The maximum Gasteiger partial charge on any atom is 0.248 e. The monoisotopic (exact) mass is 362 g/mol. The van der Waals surface area contributed by atoms with Gasteiger partial charge in [0.2, 0.25) is 5.88 Å². The third-order valence-electron chi connectivity index (χ3n) is 3.91. The fraction of sp³-hybridized carbons (Fsp3) is 0. The molecule has 1 heterocycles. The lowest BCUT2D eigenvalue weighted by molar-refractivity contribution is 0.470. The van der Waals surface area contributed by atoms with E-state index in [1.807, 2.05) is 54.6 Å². The Labute approximate surface area is 155 Å². The maximum absolute atomic E-state index is 6.21. The van der Waals surface area contributed by atoms with Crippen LogP contribution in [0.25, 0.3) is 10.8 Å². The quantitative estimate of drug-likeness (QED) is 0.508. The average Bonchev–Trinajstić information content (AvgIpc) is 2.67. The van der Waals surface area contributed by atoms with E-state index in [1.165, 1.54) is 6.33 Å². The fourth-order valence-corrected chi connectivity index (χ4v) is 2.75. The SMILES string of the molecule is Nc1c(Nc2ccc(Cl)cc2)ncnc1Oc1cccc2ccccc12. The van der Waals surface area contributed by atoms with E-state index in [-0.39, 0.29) is 0 Å². The van der Waals surface area contributed by atoms with E-state index in [0.717, 1.165) is 16.5 Å². The summed E-state index contributed by atoms with van der Waals surface area (Å²) in [6.45, 7) is 0. The number of halogens is 1. The molecule has 0 unspecified atom stereocenters. The number of nitrogen functional groups attached to an aromatic ring is 1. The van der Waals surface area contributed by atoms with Gasteiger partial charge in [-0.15, -0.1) is 0 Å². The van der Waals surface area contributed by atoms with Crippen LogP contribution in [0.5, 0.6) is 11.6 Å². The minimum Gasteiger partial charge on any atom is -0.436 e. The van der Waals surface area contributed by atoms with E-state index in [1.54, 1.807) is 12.1 Å². The minimum absolute atomic E-state index is 0.299. The molecular weight excluding hydrogens is 348 g/mol. The predicted molar refractivity (Wildman–Crippen MR) is 105 cm³/mol. The Kier molecular flexibility index (Phi) is 4.29. The number of fused-ring (bicyclic) bond motifs is 1. The summed E-state index contributed by atoms with van der Waals surface area (Å²) < 4.78 is 5.98. The molecule has 0 bridgehead atoms. The van der Waals surface area contributed by atoms with Gasteiger partial charge in [0.25, 0.3) is 0 Å². The van der Waals surface area contributed by atoms with Crippen LogP contribution in [0.15, 0.2) is 73.1 Å². The second-order valence-electron chi connectivity index (χ2n) is 5.65. The van der Waals surface area contributed by atoms with Crippen LogP contribution in [0, 0.1) is 0 Å².